The number of methoxy groups -OCH3 is 1. The Hall–Kier alpha value is -2.87. The van der Waals surface area contributed by atoms with E-state index in [0.717, 1.165) is 24.4 Å². The number of ether oxygens (including phenoxy) is 2. The Kier molecular flexibility index (Phi) is 6.87. The van der Waals surface area contributed by atoms with Gasteiger partial charge >= 0.3 is 0 Å². The van der Waals surface area contributed by atoms with Crippen molar-refractivity contribution in [1.82, 2.24) is 19.8 Å². The standard InChI is InChI=1S/C21H28N4O4/c1-15-12-22-19(23-15)13-24(2)21(27)17-6-4-5-7-18(17)29-16-8-10-25(11-9-16)20(26)14-28-3/h4-7,12,16H,8-11,13-14H2,1-3H3,(H,22,23). The highest BCUT2D eigenvalue weighted by molar-refractivity contribution is 5.96. The molecule has 0 aliphatic carbocycles. The summed E-state index contributed by atoms with van der Waals surface area (Å²) >= 11 is 0. The van der Waals surface area contributed by atoms with Gasteiger partial charge < -0.3 is 24.3 Å². The van der Waals surface area contributed by atoms with Gasteiger partial charge in [0.2, 0.25) is 5.91 Å². The molecule has 3 rings (SSSR count). The maximum Gasteiger partial charge on any atom is 0.257 e. The molecule has 0 bridgehead atoms. The molecule has 1 N–H and O–H groups in total. The Balaban J connectivity index is 1.62. The Morgan fingerprint density at radius 3 is 2.66 bits per heavy atom. The first kappa shape index (κ1) is 20.9. The van der Waals surface area contributed by atoms with Crippen LogP contribution in [0.3, 0.4) is 0 Å². The molecule has 1 aromatic heterocycles. The van der Waals surface area contributed by atoms with Gasteiger partial charge in [-0.05, 0) is 19.1 Å². The van der Waals surface area contributed by atoms with Gasteiger partial charge in [0.1, 0.15) is 24.3 Å². The molecular formula is C21H28N4O4. The van der Waals surface area contributed by atoms with Gasteiger partial charge in [0.25, 0.3) is 5.91 Å². The molecule has 1 aliphatic heterocycles. The highest BCUT2D eigenvalue weighted by atomic mass is 16.5. The SMILES string of the molecule is COCC(=O)N1CCC(Oc2ccccc2C(=O)N(C)Cc2ncc(C)[nH]2)CC1. The summed E-state index contributed by atoms with van der Waals surface area (Å²) in [6.07, 6.45) is 3.15. The first-order valence-corrected chi connectivity index (χ1v) is 9.76. The maximum absolute atomic E-state index is 13.0. The number of aryl methyl sites for hydroxylation is 1. The third-order valence-corrected chi connectivity index (χ3v) is 4.96. The van der Waals surface area contributed by atoms with Gasteiger partial charge in [0.05, 0.1) is 12.1 Å². The average molecular weight is 400 g/mol. The number of nitrogens with one attached hydrogen (secondary N) is 1. The molecule has 0 saturated carbocycles. The lowest BCUT2D eigenvalue weighted by Gasteiger charge is -2.32. The number of carbonyl (C=O) groups is 2. The molecule has 0 spiro atoms. The average Bonchev–Trinajstić information content (AvgIpc) is 3.13. The van der Waals surface area contributed by atoms with Crippen LogP contribution in [0.1, 0.15) is 34.7 Å². The van der Waals surface area contributed by atoms with Crippen LogP contribution in [0.15, 0.2) is 30.5 Å². The number of rotatable bonds is 7. The number of para-hydroxylation sites is 1. The minimum Gasteiger partial charge on any atom is -0.489 e. The highest BCUT2D eigenvalue weighted by Crippen LogP contribution is 2.24. The first-order valence-electron chi connectivity index (χ1n) is 9.76. The Morgan fingerprint density at radius 1 is 1.28 bits per heavy atom. The van der Waals surface area contributed by atoms with Crippen LogP contribution in [0.4, 0.5) is 0 Å². The predicted molar refractivity (Wildman–Crippen MR) is 108 cm³/mol. The van der Waals surface area contributed by atoms with Crippen molar-refractivity contribution >= 4 is 11.8 Å². The highest BCUT2D eigenvalue weighted by Gasteiger charge is 2.25. The van der Waals surface area contributed by atoms with Crippen LogP contribution in [0.25, 0.3) is 0 Å². The number of aromatic amines is 1. The Morgan fingerprint density at radius 2 is 2.00 bits per heavy atom. The molecule has 1 aliphatic rings. The van der Waals surface area contributed by atoms with Crippen LogP contribution >= 0.6 is 0 Å². The van der Waals surface area contributed by atoms with E-state index in [1.165, 1.54) is 7.11 Å². The number of aromatic nitrogens is 2. The first-order chi connectivity index (χ1) is 14.0. The number of imidazole rings is 1. The van der Waals surface area contributed by atoms with Crippen LogP contribution in [-0.4, -0.2) is 71.5 Å². The van der Waals surface area contributed by atoms with Crippen LogP contribution in [0, 0.1) is 6.92 Å². The molecule has 0 radical (unpaired) electrons. The second-order valence-electron chi connectivity index (χ2n) is 7.30. The molecule has 0 unspecified atom stereocenters. The Bertz CT molecular complexity index is 843. The Labute approximate surface area is 170 Å². The lowest BCUT2D eigenvalue weighted by molar-refractivity contribution is -0.136. The zero-order valence-corrected chi connectivity index (χ0v) is 17.2. The zero-order chi connectivity index (χ0) is 20.8. The zero-order valence-electron chi connectivity index (χ0n) is 17.2. The van der Waals surface area contributed by atoms with E-state index in [1.54, 1.807) is 29.1 Å². The van der Waals surface area contributed by atoms with E-state index in [-0.39, 0.29) is 24.5 Å². The van der Waals surface area contributed by atoms with Crippen molar-refractivity contribution < 1.29 is 19.1 Å². The number of piperidine rings is 1. The molecule has 8 nitrogen and oxygen atoms in total. The number of likely N-dealkylation sites (tertiary alicyclic amines) is 1. The molecule has 1 saturated heterocycles. The molecule has 29 heavy (non-hydrogen) atoms. The van der Waals surface area contributed by atoms with Crippen molar-refractivity contribution in [3.8, 4) is 5.75 Å². The van der Waals surface area contributed by atoms with E-state index >= 15 is 0 Å². The summed E-state index contributed by atoms with van der Waals surface area (Å²) in [5.74, 6) is 1.19. The molecule has 2 heterocycles. The van der Waals surface area contributed by atoms with Crippen LogP contribution in [-0.2, 0) is 16.1 Å². The summed E-state index contributed by atoms with van der Waals surface area (Å²) in [4.78, 5) is 35.7. The predicted octanol–water partition coefficient (Wildman–Crippen LogP) is 2.01. The normalized spacial score (nSPS) is 14.7. The lowest BCUT2D eigenvalue weighted by atomic mass is 10.1. The number of amides is 2. The summed E-state index contributed by atoms with van der Waals surface area (Å²) in [6, 6.07) is 7.29. The summed E-state index contributed by atoms with van der Waals surface area (Å²) in [7, 11) is 3.27. The minimum atomic E-state index is -0.123. The maximum atomic E-state index is 13.0. The fourth-order valence-corrected chi connectivity index (χ4v) is 3.41. The van der Waals surface area contributed by atoms with Crippen LogP contribution in [0.5, 0.6) is 5.75 Å². The second-order valence-corrected chi connectivity index (χ2v) is 7.30. The molecule has 1 aromatic carbocycles. The number of hydrogen-bond acceptors (Lipinski definition) is 5. The topological polar surface area (TPSA) is 87.8 Å². The van der Waals surface area contributed by atoms with Gasteiger partial charge in [-0.1, -0.05) is 12.1 Å². The van der Waals surface area contributed by atoms with E-state index in [4.69, 9.17) is 9.47 Å². The molecule has 2 aromatic rings. The lowest BCUT2D eigenvalue weighted by Crippen LogP contribution is -2.43. The van der Waals surface area contributed by atoms with Crippen molar-refractivity contribution in [3.05, 3.63) is 47.5 Å². The number of H-pyrrole nitrogens is 1. The second kappa shape index (κ2) is 9.56. The van der Waals surface area contributed by atoms with Crippen molar-refractivity contribution in [1.29, 1.82) is 0 Å². The van der Waals surface area contributed by atoms with Gasteiger partial charge in [0, 0.05) is 52.0 Å². The summed E-state index contributed by atoms with van der Waals surface area (Å²) < 4.78 is 11.1. The van der Waals surface area contributed by atoms with Gasteiger partial charge in [-0.3, -0.25) is 9.59 Å². The van der Waals surface area contributed by atoms with Crippen molar-refractivity contribution in [3.63, 3.8) is 0 Å². The number of carbonyl (C=O) groups excluding carboxylic acids is 2. The molecule has 8 heteroatoms. The van der Waals surface area contributed by atoms with E-state index < -0.39 is 0 Å². The van der Waals surface area contributed by atoms with Crippen molar-refractivity contribution in [2.45, 2.75) is 32.4 Å². The number of hydrogen-bond donors (Lipinski definition) is 1. The van der Waals surface area contributed by atoms with E-state index in [2.05, 4.69) is 9.97 Å². The third-order valence-electron chi connectivity index (χ3n) is 4.96. The fourth-order valence-electron chi connectivity index (χ4n) is 3.41. The van der Waals surface area contributed by atoms with Crippen LogP contribution in [0.2, 0.25) is 0 Å². The number of benzene rings is 1. The van der Waals surface area contributed by atoms with Gasteiger partial charge in [-0.2, -0.15) is 0 Å². The van der Waals surface area contributed by atoms with Gasteiger partial charge in [-0.15, -0.1) is 0 Å². The monoisotopic (exact) mass is 400 g/mol. The largest absolute Gasteiger partial charge is 0.489 e. The third kappa shape index (κ3) is 5.35. The van der Waals surface area contributed by atoms with Gasteiger partial charge in [-0.25, -0.2) is 4.98 Å². The number of nitrogens with zero attached hydrogens (tertiary/aromatic N) is 3. The summed E-state index contributed by atoms with van der Waals surface area (Å²) in [6.45, 7) is 3.67. The molecule has 1 fully saturated rings. The van der Waals surface area contributed by atoms with Crippen molar-refractivity contribution in [2.24, 2.45) is 0 Å². The minimum absolute atomic E-state index is 0.00341. The van der Waals surface area contributed by atoms with Gasteiger partial charge in [0.15, 0.2) is 0 Å². The summed E-state index contributed by atoms with van der Waals surface area (Å²) in [5, 5.41) is 0. The molecule has 0 atom stereocenters. The summed E-state index contributed by atoms with van der Waals surface area (Å²) in [5.41, 5.74) is 1.48. The molecule has 2 amide bonds. The smallest absolute Gasteiger partial charge is 0.257 e. The van der Waals surface area contributed by atoms with Crippen molar-refractivity contribution in [2.75, 3.05) is 33.9 Å². The fraction of sp³-hybridized carbons (Fsp3) is 0.476. The molecule has 156 valence electrons. The van der Waals surface area contributed by atoms with E-state index in [9.17, 15) is 9.59 Å². The molecular weight excluding hydrogens is 372 g/mol. The quantitative estimate of drug-likeness (QED) is 0.768. The van der Waals surface area contributed by atoms with E-state index in [1.807, 2.05) is 25.1 Å². The van der Waals surface area contributed by atoms with Crippen LogP contribution < -0.4 is 4.74 Å². The van der Waals surface area contributed by atoms with E-state index in [0.29, 0.717) is 30.9 Å².